The number of fused-ring (bicyclic) bond motifs is 7. The minimum Gasteiger partial charge on any atom is -0.335 e. The first-order valence-electron chi connectivity index (χ1n) is 14.5. The summed E-state index contributed by atoms with van der Waals surface area (Å²) in [6.07, 6.45) is 5.11. The molecule has 4 aliphatic rings. The second-order valence-corrected chi connectivity index (χ2v) is 12.5. The van der Waals surface area contributed by atoms with Crippen LogP contribution >= 0.6 is 11.6 Å². The molecule has 3 fully saturated rings. The topological polar surface area (TPSA) is 121 Å². The molecule has 9 nitrogen and oxygen atoms in total. The molecule has 3 aromatic carbocycles. The van der Waals surface area contributed by atoms with Crippen molar-refractivity contribution in [3.8, 4) is 0 Å². The van der Waals surface area contributed by atoms with E-state index in [9.17, 15) is 19.7 Å². The van der Waals surface area contributed by atoms with E-state index in [4.69, 9.17) is 11.6 Å². The third-order valence-corrected chi connectivity index (χ3v) is 10.4. The van der Waals surface area contributed by atoms with Gasteiger partial charge in [-0.2, -0.15) is 0 Å². The van der Waals surface area contributed by atoms with Gasteiger partial charge in [-0.05, 0) is 55.0 Å². The van der Waals surface area contributed by atoms with Crippen LogP contribution in [0.25, 0.3) is 11.0 Å². The lowest BCUT2D eigenvalue weighted by Crippen LogP contribution is -2.56. The summed E-state index contributed by atoms with van der Waals surface area (Å²) >= 11 is 6.39. The smallest absolute Gasteiger partial charge is 0.269 e. The molecule has 1 aliphatic carbocycles. The molecular weight excluding hydrogens is 554 g/mol. The number of rotatable bonds is 4. The van der Waals surface area contributed by atoms with Crippen LogP contribution in [-0.2, 0) is 10.3 Å². The average molecular weight is 582 g/mol. The van der Waals surface area contributed by atoms with Gasteiger partial charge in [-0.1, -0.05) is 54.8 Å². The summed E-state index contributed by atoms with van der Waals surface area (Å²) in [5.74, 6) is -1.06. The number of aromatic nitrogens is 2. The number of H-pyrrole nitrogens is 1. The van der Waals surface area contributed by atoms with Gasteiger partial charge in [0.15, 0.2) is 5.82 Å². The summed E-state index contributed by atoms with van der Waals surface area (Å²) in [5, 5.41) is 15.1. The molecule has 212 valence electrons. The molecule has 3 aliphatic heterocycles. The fourth-order valence-electron chi connectivity index (χ4n) is 8.64. The third-order valence-electron chi connectivity index (χ3n) is 10.1. The number of nitro groups is 1. The highest BCUT2D eigenvalue weighted by atomic mass is 35.5. The first-order valence-corrected chi connectivity index (χ1v) is 14.9. The van der Waals surface area contributed by atoms with Crippen LogP contribution < -0.4 is 5.32 Å². The Morgan fingerprint density at radius 1 is 1.05 bits per heavy atom. The van der Waals surface area contributed by atoms with Crippen LogP contribution in [0, 0.1) is 22.0 Å². The molecule has 1 amide bonds. The third kappa shape index (κ3) is 3.44. The summed E-state index contributed by atoms with van der Waals surface area (Å²) in [6, 6.07) is 19.5. The molecule has 2 saturated heterocycles. The SMILES string of the molecule is O=C(c1nc2ccccc2[nH]1)C1C(c2ccc([N+](=O)[O-])cc2)C2CC3CCCCC3N2[C@@]12C(=O)Nc1cc(Cl)ccc12. The first-order chi connectivity index (χ1) is 20.4. The second-order valence-electron chi connectivity index (χ2n) is 12.1. The number of hydrogen-bond acceptors (Lipinski definition) is 6. The number of halogens is 1. The minimum atomic E-state index is -1.27. The Morgan fingerprint density at radius 2 is 1.83 bits per heavy atom. The number of non-ortho nitro benzene ring substituents is 1. The van der Waals surface area contributed by atoms with E-state index < -0.39 is 16.4 Å². The largest absolute Gasteiger partial charge is 0.335 e. The van der Waals surface area contributed by atoms with Crippen molar-refractivity contribution in [1.29, 1.82) is 0 Å². The molecule has 10 heteroatoms. The van der Waals surface area contributed by atoms with Gasteiger partial charge in [-0.15, -0.1) is 0 Å². The van der Waals surface area contributed by atoms with Gasteiger partial charge in [0.05, 0.1) is 21.9 Å². The second kappa shape index (κ2) is 9.21. The van der Waals surface area contributed by atoms with Crippen molar-refractivity contribution in [2.24, 2.45) is 11.8 Å². The zero-order chi connectivity index (χ0) is 28.7. The van der Waals surface area contributed by atoms with Crippen molar-refractivity contribution < 1.29 is 14.5 Å². The highest BCUT2D eigenvalue weighted by Gasteiger charge is 2.72. The van der Waals surface area contributed by atoms with E-state index in [1.54, 1.807) is 24.3 Å². The van der Waals surface area contributed by atoms with Crippen molar-refractivity contribution in [3.63, 3.8) is 0 Å². The van der Waals surface area contributed by atoms with E-state index >= 15 is 0 Å². The zero-order valence-corrected chi connectivity index (χ0v) is 23.4. The number of benzene rings is 3. The van der Waals surface area contributed by atoms with Crippen molar-refractivity contribution >= 4 is 45.7 Å². The molecule has 6 atom stereocenters. The minimum absolute atomic E-state index is 0.0119. The summed E-state index contributed by atoms with van der Waals surface area (Å²) < 4.78 is 0. The number of nitro benzene ring substituents is 1. The number of carbonyl (C=O) groups is 2. The Kier molecular flexibility index (Phi) is 5.62. The summed E-state index contributed by atoms with van der Waals surface area (Å²) in [5.41, 5.74) is 2.33. The molecule has 8 rings (SSSR count). The first kappa shape index (κ1) is 25.6. The van der Waals surface area contributed by atoms with E-state index in [0.717, 1.165) is 48.7 Å². The number of nitrogens with one attached hydrogen (secondary N) is 2. The van der Waals surface area contributed by atoms with E-state index in [-0.39, 0.29) is 41.2 Å². The Bertz CT molecular complexity index is 1750. The van der Waals surface area contributed by atoms with E-state index in [0.29, 0.717) is 22.1 Å². The maximum Gasteiger partial charge on any atom is 0.269 e. The molecule has 2 N–H and O–H groups in total. The molecule has 42 heavy (non-hydrogen) atoms. The number of para-hydroxylation sites is 2. The molecule has 4 heterocycles. The number of anilines is 1. The molecular formula is C32H28ClN5O4. The van der Waals surface area contributed by atoms with Crippen LogP contribution in [0.5, 0.6) is 0 Å². The number of nitrogens with zero attached hydrogens (tertiary/aromatic N) is 3. The van der Waals surface area contributed by atoms with Crippen LogP contribution in [0.4, 0.5) is 11.4 Å². The molecule has 1 spiro atoms. The molecule has 0 bridgehead atoms. The van der Waals surface area contributed by atoms with E-state index in [1.807, 2.05) is 30.3 Å². The van der Waals surface area contributed by atoms with Gasteiger partial charge < -0.3 is 10.3 Å². The van der Waals surface area contributed by atoms with E-state index in [1.165, 1.54) is 12.1 Å². The fourth-order valence-corrected chi connectivity index (χ4v) is 8.82. The highest BCUT2D eigenvalue weighted by molar-refractivity contribution is 6.31. The number of hydrogen-bond donors (Lipinski definition) is 2. The van der Waals surface area contributed by atoms with Gasteiger partial charge in [0, 0.05) is 46.4 Å². The van der Waals surface area contributed by atoms with Gasteiger partial charge in [0.1, 0.15) is 5.54 Å². The van der Waals surface area contributed by atoms with Gasteiger partial charge in [0.25, 0.3) is 5.69 Å². The maximum absolute atomic E-state index is 14.9. The van der Waals surface area contributed by atoms with Gasteiger partial charge in [0.2, 0.25) is 11.7 Å². The number of amides is 1. The van der Waals surface area contributed by atoms with Crippen LogP contribution in [0.2, 0.25) is 5.02 Å². The predicted octanol–water partition coefficient (Wildman–Crippen LogP) is 6.20. The van der Waals surface area contributed by atoms with E-state index in [2.05, 4.69) is 20.2 Å². The number of aromatic amines is 1. The number of ketones is 1. The van der Waals surface area contributed by atoms with Crippen molar-refractivity contribution in [2.45, 2.75) is 55.6 Å². The van der Waals surface area contributed by atoms with Gasteiger partial charge >= 0.3 is 0 Å². The predicted molar refractivity (Wildman–Crippen MR) is 158 cm³/mol. The van der Waals surface area contributed by atoms with Crippen LogP contribution in [0.3, 0.4) is 0 Å². The number of carbonyl (C=O) groups excluding carboxylic acids is 2. The van der Waals surface area contributed by atoms with Gasteiger partial charge in [-0.3, -0.25) is 24.6 Å². The maximum atomic E-state index is 14.9. The van der Waals surface area contributed by atoms with Crippen LogP contribution in [0.15, 0.2) is 66.7 Å². The summed E-state index contributed by atoms with van der Waals surface area (Å²) in [7, 11) is 0. The lowest BCUT2D eigenvalue weighted by Gasteiger charge is -2.42. The van der Waals surface area contributed by atoms with Crippen molar-refractivity contribution in [3.05, 3.63) is 98.8 Å². The molecule has 0 radical (unpaired) electrons. The molecule has 5 unspecified atom stereocenters. The Balaban J connectivity index is 1.39. The van der Waals surface area contributed by atoms with Crippen LogP contribution in [-0.4, -0.2) is 43.6 Å². The summed E-state index contributed by atoms with van der Waals surface area (Å²) in [6.45, 7) is 0. The van der Waals surface area contributed by atoms with Crippen molar-refractivity contribution in [2.75, 3.05) is 5.32 Å². The van der Waals surface area contributed by atoms with Gasteiger partial charge in [-0.25, -0.2) is 4.98 Å². The van der Waals surface area contributed by atoms with Crippen LogP contribution in [0.1, 0.15) is 59.8 Å². The monoisotopic (exact) mass is 581 g/mol. The Morgan fingerprint density at radius 3 is 2.62 bits per heavy atom. The molecule has 4 aromatic rings. The normalized spacial score (nSPS) is 29.8. The Labute approximate surface area is 246 Å². The van der Waals surface area contributed by atoms with Crippen molar-refractivity contribution in [1.82, 2.24) is 14.9 Å². The zero-order valence-electron chi connectivity index (χ0n) is 22.6. The summed E-state index contributed by atoms with van der Waals surface area (Å²) in [4.78, 5) is 50.8. The molecule has 1 saturated carbocycles. The Hall–Kier alpha value is -4.08. The lowest BCUT2D eigenvalue weighted by atomic mass is 9.68. The fraction of sp³-hybridized carbons (Fsp3) is 0.344. The highest BCUT2D eigenvalue weighted by Crippen LogP contribution is 2.64. The number of imidazole rings is 1. The average Bonchev–Trinajstić information content (AvgIpc) is 3.72. The standard InChI is InChI=1S/C32H28ClN5O4/c33-19-11-14-21-24(16-19)36-31(40)32(21)28(29(39)30-34-22-6-2-3-7-23(22)35-30)27(17-9-12-20(13-10-17)38(41)42)26-15-18-5-1-4-8-25(18)37(26)32/h2-3,6-7,9-14,16,18,25-28H,1,4-5,8,15H2,(H,34,35)(H,36,40)/t18?,25?,26?,27?,28?,32-/m1/s1. The lowest BCUT2D eigenvalue weighted by molar-refractivity contribution is -0.384. The molecule has 1 aromatic heterocycles. The quantitative estimate of drug-likeness (QED) is 0.168. The number of Topliss-reactive ketones (excluding diaryl/α,β-unsaturated/α-hetero) is 1.